The summed E-state index contributed by atoms with van der Waals surface area (Å²) in [5.74, 6) is -0.745. The molecule has 0 heterocycles. The third-order valence-corrected chi connectivity index (χ3v) is 3.03. The molecule has 0 amide bonds. The number of hydrogen-bond donors (Lipinski definition) is 2. The topological polar surface area (TPSA) is 60.8 Å². The Morgan fingerprint density at radius 3 is 2.47 bits per heavy atom. The minimum atomic E-state index is -0.745. The number of aliphatic carboxylic acids is 1. The summed E-state index contributed by atoms with van der Waals surface area (Å²) in [5.41, 5.74) is 0. The highest BCUT2D eigenvalue weighted by molar-refractivity contribution is 5.69. The van der Waals surface area contributed by atoms with Gasteiger partial charge in [-0.3, -0.25) is 9.69 Å². The summed E-state index contributed by atoms with van der Waals surface area (Å²) in [4.78, 5) is 12.8. The average Bonchev–Trinajstić information content (AvgIpc) is 2.68. The smallest absolute Gasteiger partial charge is 0.317 e. The van der Waals surface area contributed by atoms with Crippen LogP contribution >= 0.6 is 0 Å². The molecule has 0 bridgehead atoms. The lowest BCUT2D eigenvalue weighted by molar-refractivity contribution is -0.138. The van der Waals surface area contributed by atoms with Crippen LogP contribution in [0.2, 0.25) is 0 Å². The summed E-state index contributed by atoms with van der Waals surface area (Å²) in [5, 5.41) is 17.5. The number of hydrogen-bond acceptors (Lipinski definition) is 3. The van der Waals surface area contributed by atoms with Crippen LogP contribution in [0.5, 0.6) is 0 Å². The van der Waals surface area contributed by atoms with E-state index < -0.39 is 5.97 Å². The highest BCUT2D eigenvalue weighted by Crippen LogP contribution is 2.23. The Labute approximate surface area is 90.9 Å². The van der Waals surface area contributed by atoms with Crippen molar-refractivity contribution in [3.8, 4) is 0 Å². The monoisotopic (exact) mass is 215 g/mol. The van der Waals surface area contributed by atoms with Crippen molar-refractivity contribution in [2.24, 2.45) is 0 Å². The summed E-state index contributed by atoms with van der Waals surface area (Å²) in [7, 11) is 0. The molecule has 0 unspecified atom stereocenters. The average molecular weight is 215 g/mol. The van der Waals surface area contributed by atoms with Crippen molar-refractivity contribution in [3.63, 3.8) is 0 Å². The molecule has 0 aromatic rings. The number of carboxylic acid groups (broad SMARTS) is 1. The molecule has 1 rings (SSSR count). The number of unbranched alkanes of at least 4 members (excludes halogenated alkanes) is 1. The number of aliphatic hydroxyl groups excluding tert-OH is 1. The summed E-state index contributed by atoms with van der Waals surface area (Å²) in [6.07, 6.45) is 6.36. The first-order valence-corrected chi connectivity index (χ1v) is 5.80. The Balaban J connectivity index is 2.33. The van der Waals surface area contributed by atoms with Crippen molar-refractivity contribution in [1.82, 2.24) is 4.90 Å². The van der Waals surface area contributed by atoms with Gasteiger partial charge >= 0.3 is 5.97 Å². The summed E-state index contributed by atoms with van der Waals surface area (Å²) >= 11 is 0. The molecule has 0 saturated heterocycles. The Morgan fingerprint density at radius 1 is 1.27 bits per heavy atom. The zero-order chi connectivity index (χ0) is 11.1. The first-order chi connectivity index (χ1) is 7.24. The zero-order valence-corrected chi connectivity index (χ0v) is 9.19. The lowest BCUT2D eigenvalue weighted by atomic mass is 10.2. The van der Waals surface area contributed by atoms with Gasteiger partial charge in [-0.25, -0.2) is 0 Å². The maximum Gasteiger partial charge on any atom is 0.317 e. The van der Waals surface area contributed by atoms with Gasteiger partial charge in [0.2, 0.25) is 0 Å². The molecule has 2 N–H and O–H groups in total. The SMILES string of the molecule is O=C(O)CN(CCCCO)C1CCCC1. The lowest BCUT2D eigenvalue weighted by Gasteiger charge is -2.26. The standard InChI is InChI=1S/C11H21NO3/c13-8-4-3-7-12(9-11(14)15)10-5-1-2-6-10/h10,13H,1-9H2,(H,14,15). The molecule has 4 heteroatoms. The van der Waals surface area contributed by atoms with E-state index in [1.807, 2.05) is 0 Å². The van der Waals surface area contributed by atoms with Crippen LogP contribution in [0.3, 0.4) is 0 Å². The van der Waals surface area contributed by atoms with E-state index in [0.717, 1.165) is 32.2 Å². The van der Waals surface area contributed by atoms with E-state index in [2.05, 4.69) is 4.90 Å². The molecule has 88 valence electrons. The number of rotatable bonds is 7. The molecule has 1 fully saturated rings. The van der Waals surface area contributed by atoms with Crippen molar-refractivity contribution >= 4 is 5.97 Å². The molecule has 0 radical (unpaired) electrons. The quantitative estimate of drug-likeness (QED) is 0.624. The maximum atomic E-state index is 10.7. The van der Waals surface area contributed by atoms with E-state index in [9.17, 15) is 4.79 Å². The molecule has 0 aliphatic heterocycles. The van der Waals surface area contributed by atoms with Gasteiger partial charge in [0.05, 0.1) is 6.54 Å². The summed E-state index contributed by atoms with van der Waals surface area (Å²) in [6, 6.07) is 0.458. The second kappa shape index (κ2) is 6.80. The van der Waals surface area contributed by atoms with Crippen LogP contribution in [0.15, 0.2) is 0 Å². The second-order valence-electron chi connectivity index (χ2n) is 4.23. The Kier molecular flexibility index (Phi) is 5.65. The van der Waals surface area contributed by atoms with Crippen LogP contribution in [0.4, 0.5) is 0 Å². The van der Waals surface area contributed by atoms with E-state index in [1.165, 1.54) is 12.8 Å². The van der Waals surface area contributed by atoms with E-state index in [1.54, 1.807) is 0 Å². The van der Waals surface area contributed by atoms with Crippen molar-refractivity contribution in [2.75, 3.05) is 19.7 Å². The normalized spacial score (nSPS) is 17.5. The van der Waals surface area contributed by atoms with Gasteiger partial charge in [-0.05, 0) is 32.2 Å². The minimum Gasteiger partial charge on any atom is -0.480 e. The van der Waals surface area contributed by atoms with Crippen molar-refractivity contribution < 1.29 is 15.0 Å². The molecule has 4 nitrogen and oxygen atoms in total. The number of carbonyl (C=O) groups is 1. The van der Waals surface area contributed by atoms with Crippen LogP contribution in [-0.4, -0.2) is 46.8 Å². The molecular weight excluding hydrogens is 194 g/mol. The maximum absolute atomic E-state index is 10.7. The van der Waals surface area contributed by atoms with Crippen molar-refractivity contribution in [2.45, 2.75) is 44.6 Å². The van der Waals surface area contributed by atoms with Gasteiger partial charge in [0, 0.05) is 12.6 Å². The fourth-order valence-corrected chi connectivity index (χ4v) is 2.26. The van der Waals surface area contributed by atoms with Gasteiger partial charge in [0.15, 0.2) is 0 Å². The largest absolute Gasteiger partial charge is 0.480 e. The van der Waals surface area contributed by atoms with Gasteiger partial charge < -0.3 is 10.2 Å². The number of aliphatic hydroxyl groups is 1. The first-order valence-electron chi connectivity index (χ1n) is 5.80. The fourth-order valence-electron chi connectivity index (χ4n) is 2.26. The van der Waals surface area contributed by atoms with Gasteiger partial charge in [0.1, 0.15) is 0 Å². The van der Waals surface area contributed by atoms with Gasteiger partial charge in [0.25, 0.3) is 0 Å². The van der Waals surface area contributed by atoms with E-state index >= 15 is 0 Å². The van der Waals surface area contributed by atoms with Gasteiger partial charge in [-0.15, -0.1) is 0 Å². The molecule has 0 aromatic carbocycles. The molecular formula is C11H21NO3. The van der Waals surface area contributed by atoms with E-state index in [0.29, 0.717) is 6.04 Å². The highest BCUT2D eigenvalue weighted by Gasteiger charge is 2.23. The Hall–Kier alpha value is -0.610. The molecule has 1 saturated carbocycles. The zero-order valence-electron chi connectivity index (χ0n) is 9.19. The molecule has 0 spiro atoms. The molecule has 0 aromatic heterocycles. The van der Waals surface area contributed by atoms with Crippen LogP contribution in [0.1, 0.15) is 38.5 Å². The summed E-state index contributed by atoms with van der Waals surface area (Å²) < 4.78 is 0. The lowest BCUT2D eigenvalue weighted by Crippen LogP contribution is -2.38. The number of carboxylic acids is 1. The predicted molar refractivity (Wildman–Crippen MR) is 57.8 cm³/mol. The molecule has 0 atom stereocenters. The van der Waals surface area contributed by atoms with Crippen LogP contribution in [0, 0.1) is 0 Å². The predicted octanol–water partition coefficient (Wildman–Crippen LogP) is 1.09. The highest BCUT2D eigenvalue weighted by atomic mass is 16.4. The first kappa shape index (κ1) is 12.5. The van der Waals surface area contributed by atoms with Crippen LogP contribution < -0.4 is 0 Å². The van der Waals surface area contributed by atoms with E-state index in [-0.39, 0.29) is 13.2 Å². The van der Waals surface area contributed by atoms with Crippen molar-refractivity contribution in [3.05, 3.63) is 0 Å². The summed E-state index contributed by atoms with van der Waals surface area (Å²) in [6.45, 7) is 1.15. The Bertz CT molecular complexity index is 190. The number of nitrogens with zero attached hydrogens (tertiary/aromatic N) is 1. The van der Waals surface area contributed by atoms with Crippen molar-refractivity contribution in [1.29, 1.82) is 0 Å². The molecule has 1 aliphatic rings. The molecule has 15 heavy (non-hydrogen) atoms. The third-order valence-electron chi connectivity index (χ3n) is 3.03. The van der Waals surface area contributed by atoms with E-state index in [4.69, 9.17) is 10.2 Å². The van der Waals surface area contributed by atoms with Gasteiger partial charge in [-0.1, -0.05) is 12.8 Å². The van der Waals surface area contributed by atoms with Gasteiger partial charge in [-0.2, -0.15) is 0 Å². The molecule has 1 aliphatic carbocycles. The second-order valence-corrected chi connectivity index (χ2v) is 4.23. The Morgan fingerprint density at radius 2 is 1.93 bits per heavy atom. The van der Waals surface area contributed by atoms with Crippen LogP contribution in [0.25, 0.3) is 0 Å². The van der Waals surface area contributed by atoms with Crippen LogP contribution in [-0.2, 0) is 4.79 Å². The third kappa shape index (κ3) is 4.62. The fraction of sp³-hybridized carbons (Fsp3) is 0.909. The minimum absolute atomic E-state index is 0.149.